The first kappa shape index (κ1) is 31.0. The van der Waals surface area contributed by atoms with E-state index in [-0.39, 0.29) is 34.9 Å². The van der Waals surface area contributed by atoms with Crippen LogP contribution in [0.2, 0.25) is 5.02 Å². The zero-order valence-corrected chi connectivity index (χ0v) is 24.5. The molecule has 2 fully saturated rings. The van der Waals surface area contributed by atoms with Gasteiger partial charge in [0.1, 0.15) is 36.1 Å². The van der Waals surface area contributed by atoms with Crippen LogP contribution in [0.3, 0.4) is 0 Å². The molecule has 1 aromatic carbocycles. The first-order valence-electron chi connectivity index (χ1n) is 13.3. The number of nitrogens with zero attached hydrogens (tertiary/aromatic N) is 4. The van der Waals surface area contributed by atoms with Crippen molar-refractivity contribution in [2.24, 2.45) is 5.41 Å². The average Bonchev–Trinajstić information content (AvgIpc) is 2.82. The summed E-state index contributed by atoms with van der Waals surface area (Å²) < 4.78 is 45.3. The van der Waals surface area contributed by atoms with E-state index in [4.69, 9.17) is 31.7 Å². The number of benzene rings is 1. The number of aliphatic hydroxyl groups is 2. The number of halogens is 4. The summed E-state index contributed by atoms with van der Waals surface area (Å²) in [5, 5.41) is 32.0. The SMILES string of the molecule is CNC[C@@H](O)COc1ccc(Cl)c(-c2nc(/C(C(C)=N)=C(\C)O)c(C)c(N3CC4(C3)CN([C@H](C)C(F)(F)F)C4)n2)c1. The molecule has 1 aromatic heterocycles. The maximum absolute atomic E-state index is 13.2. The summed E-state index contributed by atoms with van der Waals surface area (Å²) in [5.41, 5.74) is 1.58. The third kappa shape index (κ3) is 6.45. The van der Waals surface area contributed by atoms with E-state index in [1.54, 1.807) is 39.1 Å². The van der Waals surface area contributed by atoms with Gasteiger partial charge < -0.3 is 30.6 Å². The Morgan fingerprint density at radius 2 is 1.88 bits per heavy atom. The summed E-state index contributed by atoms with van der Waals surface area (Å²) in [6, 6.07) is 3.48. The van der Waals surface area contributed by atoms with Gasteiger partial charge in [-0.3, -0.25) is 4.90 Å². The van der Waals surface area contributed by atoms with E-state index < -0.39 is 18.3 Å². The van der Waals surface area contributed by atoms with Crippen molar-refractivity contribution in [2.45, 2.75) is 46.0 Å². The average molecular weight is 597 g/mol. The number of aromatic nitrogens is 2. The normalized spacial score (nSPS) is 18.8. The fraction of sp³-hybridized carbons (Fsp3) is 0.536. The fourth-order valence-corrected chi connectivity index (χ4v) is 5.66. The molecule has 2 aromatic rings. The smallest absolute Gasteiger partial charge is 0.403 e. The monoisotopic (exact) mass is 596 g/mol. The van der Waals surface area contributed by atoms with E-state index in [1.165, 1.54) is 18.7 Å². The van der Waals surface area contributed by atoms with Crippen molar-refractivity contribution in [3.05, 3.63) is 40.2 Å². The molecule has 4 N–H and O–H groups in total. The van der Waals surface area contributed by atoms with Gasteiger partial charge in [0, 0.05) is 55.0 Å². The molecule has 4 rings (SSSR count). The highest BCUT2D eigenvalue weighted by molar-refractivity contribution is 6.33. The Morgan fingerprint density at radius 3 is 2.44 bits per heavy atom. The van der Waals surface area contributed by atoms with Crippen LogP contribution in [0.25, 0.3) is 17.0 Å². The number of hydrogen-bond donors (Lipinski definition) is 4. The molecule has 2 saturated heterocycles. The van der Waals surface area contributed by atoms with Crippen LogP contribution in [0, 0.1) is 17.7 Å². The molecule has 2 aliphatic rings. The first-order chi connectivity index (χ1) is 19.2. The minimum absolute atomic E-state index is 0.0522. The van der Waals surface area contributed by atoms with Gasteiger partial charge in [0.15, 0.2) is 5.82 Å². The molecule has 224 valence electrons. The number of likely N-dealkylation sites (N-methyl/N-ethyl adjacent to an activating group) is 1. The van der Waals surface area contributed by atoms with E-state index in [2.05, 4.69) is 5.32 Å². The molecular formula is C28H36ClF3N6O3. The molecule has 2 aliphatic heterocycles. The number of likely N-dealkylation sites (tertiary alicyclic amines) is 1. The second-order valence-corrected chi connectivity index (χ2v) is 11.5. The summed E-state index contributed by atoms with van der Waals surface area (Å²) >= 11 is 6.57. The Morgan fingerprint density at radius 1 is 1.22 bits per heavy atom. The Hall–Kier alpha value is -2.93. The van der Waals surface area contributed by atoms with Gasteiger partial charge in [-0.15, -0.1) is 0 Å². The van der Waals surface area contributed by atoms with Crippen molar-refractivity contribution in [1.82, 2.24) is 20.2 Å². The molecule has 13 heteroatoms. The largest absolute Gasteiger partial charge is 0.512 e. The second-order valence-electron chi connectivity index (χ2n) is 11.1. The van der Waals surface area contributed by atoms with Crippen molar-refractivity contribution >= 4 is 28.7 Å². The number of alkyl halides is 3. The molecule has 9 nitrogen and oxygen atoms in total. The highest BCUT2D eigenvalue weighted by Gasteiger charge is 2.56. The van der Waals surface area contributed by atoms with Gasteiger partial charge >= 0.3 is 6.18 Å². The third-order valence-electron chi connectivity index (χ3n) is 7.61. The number of anilines is 1. The van der Waals surface area contributed by atoms with Gasteiger partial charge in [-0.1, -0.05) is 11.6 Å². The van der Waals surface area contributed by atoms with Gasteiger partial charge in [-0.2, -0.15) is 13.2 Å². The zero-order valence-electron chi connectivity index (χ0n) is 23.7. The summed E-state index contributed by atoms with van der Waals surface area (Å²) in [4.78, 5) is 13.0. The van der Waals surface area contributed by atoms with Gasteiger partial charge in [0.25, 0.3) is 0 Å². The van der Waals surface area contributed by atoms with Crippen molar-refractivity contribution in [1.29, 1.82) is 5.41 Å². The lowest BCUT2D eigenvalue weighted by Crippen LogP contribution is -2.74. The summed E-state index contributed by atoms with van der Waals surface area (Å²) in [7, 11) is 1.73. The molecule has 0 saturated carbocycles. The van der Waals surface area contributed by atoms with Crippen molar-refractivity contribution < 1.29 is 28.1 Å². The van der Waals surface area contributed by atoms with Gasteiger partial charge in [0.05, 0.1) is 16.3 Å². The molecule has 0 radical (unpaired) electrons. The summed E-state index contributed by atoms with van der Waals surface area (Å²) in [6.07, 6.45) is -4.99. The van der Waals surface area contributed by atoms with Gasteiger partial charge in [0.2, 0.25) is 0 Å². The van der Waals surface area contributed by atoms with E-state index in [0.29, 0.717) is 66.1 Å². The predicted molar refractivity (Wildman–Crippen MR) is 153 cm³/mol. The molecular weight excluding hydrogens is 561 g/mol. The first-order valence-corrected chi connectivity index (χ1v) is 13.7. The highest BCUT2D eigenvalue weighted by Crippen LogP contribution is 2.46. The Labute approximate surface area is 242 Å². The number of rotatable bonds is 10. The summed E-state index contributed by atoms with van der Waals surface area (Å²) in [5.74, 6) is 1.17. The topological polar surface area (TPSA) is 118 Å². The van der Waals surface area contributed by atoms with Crippen LogP contribution < -0.4 is 15.0 Å². The number of allylic oxidation sites excluding steroid dienone is 2. The van der Waals surface area contributed by atoms with Crippen molar-refractivity contribution in [3.63, 3.8) is 0 Å². The highest BCUT2D eigenvalue weighted by atomic mass is 35.5. The van der Waals surface area contributed by atoms with E-state index in [1.807, 2.05) is 4.90 Å². The fourth-order valence-electron chi connectivity index (χ4n) is 5.46. The molecule has 0 amide bonds. The predicted octanol–water partition coefficient (Wildman–Crippen LogP) is 4.47. The van der Waals surface area contributed by atoms with Gasteiger partial charge in [-0.25, -0.2) is 9.97 Å². The number of hydrogen-bond acceptors (Lipinski definition) is 9. The quantitative estimate of drug-likeness (QED) is 0.235. The Balaban J connectivity index is 1.68. The van der Waals surface area contributed by atoms with Crippen LogP contribution in [0.1, 0.15) is 32.0 Å². The van der Waals surface area contributed by atoms with Gasteiger partial charge in [-0.05, 0) is 52.9 Å². The molecule has 2 atom stereocenters. The Bertz CT molecular complexity index is 1330. The lowest BCUT2D eigenvalue weighted by atomic mass is 9.72. The number of aliphatic hydroxyl groups excluding tert-OH is 2. The zero-order chi connectivity index (χ0) is 30.3. The number of nitrogens with one attached hydrogen (secondary N) is 2. The minimum Gasteiger partial charge on any atom is -0.512 e. The molecule has 1 spiro atoms. The molecule has 0 unspecified atom stereocenters. The third-order valence-corrected chi connectivity index (χ3v) is 7.93. The molecule has 0 bridgehead atoms. The van der Waals surface area contributed by atoms with E-state index >= 15 is 0 Å². The van der Waals surface area contributed by atoms with Crippen LogP contribution in [-0.2, 0) is 0 Å². The van der Waals surface area contributed by atoms with Crippen LogP contribution in [0.4, 0.5) is 19.0 Å². The lowest BCUT2D eigenvalue weighted by Gasteiger charge is -2.62. The van der Waals surface area contributed by atoms with Crippen LogP contribution >= 0.6 is 11.6 Å². The molecule has 41 heavy (non-hydrogen) atoms. The minimum atomic E-state index is -4.27. The molecule has 3 heterocycles. The van der Waals surface area contributed by atoms with Crippen LogP contribution in [-0.4, -0.2) is 95.5 Å². The van der Waals surface area contributed by atoms with Crippen LogP contribution in [0.5, 0.6) is 5.75 Å². The number of ether oxygens (including phenoxy) is 1. The lowest BCUT2D eigenvalue weighted by molar-refractivity contribution is -0.207. The van der Waals surface area contributed by atoms with Crippen LogP contribution in [0.15, 0.2) is 24.0 Å². The van der Waals surface area contributed by atoms with E-state index in [0.717, 1.165) is 0 Å². The summed E-state index contributed by atoms with van der Waals surface area (Å²) in [6.45, 7) is 8.16. The molecule has 0 aliphatic carbocycles. The Kier molecular flexibility index (Phi) is 8.89. The van der Waals surface area contributed by atoms with E-state index in [9.17, 15) is 23.4 Å². The van der Waals surface area contributed by atoms with Crippen molar-refractivity contribution in [2.75, 3.05) is 51.3 Å². The second kappa shape index (κ2) is 11.7. The maximum atomic E-state index is 13.2. The maximum Gasteiger partial charge on any atom is 0.403 e. The van der Waals surface area contributed by atoms with Crippen molar-refractivity contribution in [3.8, 4) is 17.1 Å². The standard InChI is InChI=1S/C28H36ClF3N6O3/c1-15-24(23(16(2)33)17(3)39)35-25(21-8-20(6-7-22(21)29)41-10-19(40)9-34-5)36-26(15)38-13-27(14-38)11-37(12-27)18(4)28(30,31)32/h6-8,18-19,33-34,39-40H,9-14H2,1-5H3/b23-17+,33-16?/t18-,19-/m1/s1.